The van der Waals surface area contributed by atoms with Gasteiger partial charge < -0.3 is 10.1 Å². The molecule has 7 heteroatoms. The summed E-state index contributed by atoms with van der Waals surface area (Å²) in [5, 5.41) is 4.06. The molecule has 1 unspecified atom stereocenters. The summed E-state index contributed by atoms with van der Waals surface area (Å²) in [4.78, 5) is 36.1. The Balaban J connectivity index is 0.00000176. The van der Waals surface area contributed by atoms with Crippen molar-refractivity contribution in [1.29, 1.82) is 0 Å². The van der Waals surface area contributed by atoms with E-state index in [9.17, 15) is 9.59 Å². The number of hydrogen-bond acceptors (Lipinski definition) is 5. The van der Waals surface area contributed by atoms with Gasteiger partial charge in [-0.3, -0.25) is 19.4 Å². The first kappa shape index (κ1) is 26.9. The Bertz CT molecular complexity index is 1160. The highest BCUT2D eigenvalue weighted by molar-refractivity contribution is 6.02. The van der Waals surface area contributed by atoms with Crippen LogP contribution in [0.4, 0.5) is 0 Å². The fraction of sp³-hybridized carbons (Fsp3) is 0.345. The Morgan fingerprint density at radius 3 is 2.64 bits per heavy atom. The second-order valence-electron chi connectivity index (χ2n) is 8.30. The minimum absolute atomic E-state index is 0.333. The minimum atomic E-state index is -0.800. The zero-order chi connectivity index (χ0) is 25.9. The van der Waals surface area contributed by atoms with Gasteiger partial charge in [0.2, 0.25) is 0 Å². The van der Waals surface area contributed by atoms with Crippen molar-refractivity contribution in [3.63, 3.8) is 0 Å². The molecule has 0 saturated heterocycles. The number of rotatable bonds is 2. The van der Waals surface area contributed by atoms with E-state index >= 15 is 0 Å². The lowest BCUT2D eigenvalue weighted by Gasteiger charge is -2.23. The molecular weight excluding hydrogens is 454 g/mol. The minimum Gasteiger partial charge on any atom is -0.494 e. The Hall–Kier alpha value is -3.71. The topological polar surface area (TPSA) is 80.8 Å². The van der Waals surface area contributed by atoms with Crippen molar-refractivity contribution in [2.45, 2.75) is 45.6 Å². The van der Waals surface area contributed by atoms with E-state index in [1.54, 1.807) is 18.3 Å². The molecule has 0 spiro atoms. The summed E-state index contributed by atoms with van der Waals surface area (Å²) in [7, 11) is 2.96. The molecule has 7 nitrogen and oxygen atoms in total. The first-order valence-corrected chi connectivity index (χ1v) is 12.4. The van der Waals surface area contributed by atoms with Crippen LogP contribution in [-0.4, -0.2) is 48.7 Å². The van der Waals surface area contributed by atoms with Gasteiger partial charge in [-0.05, 0) is 54.7 Å². The fourth-order valence-corrected chi connectivity index (χ4v) is 4.07. The molecule has 36 heavy (non-hydrogen) atoms. The van der Waals surface area contributed by atoms with Crippen molar-refractivity contribution in [2.75, 3.05) is 20.8 Å². The molecular formula is C29H35N3O4. The maximum atomic E-state index is 13.4. The number of aryl methyl sites for hydroxylation is 1. The summed E-state index contributed by atoms with van der Waals surface area (Å²) in [6, 6.07) is 18.3. The number of benzene rings is 2. The van der Waals surface area contributed by atoms with E-state index in [4.69, 9.17) is 9.57 Å². The van der Waals surface area contributed by atoms with Crippen LogP contribution in [0, 0.1) is 0 Å². The molecule has 190 valence electrons. The maximum absolute atomic E-state index is 13.4. The van der Waals surface area contributed by atoms with Gasteiger partial charge in [0.1, 0.15) is 11.8 Å². The van der Waals surface area contributed by atoms with E-state index in [0.29, 0.717) is 24.3 Å². The largest absolute Gasteiger partial charge is 0.494 e. The number of fused-ring (bicyclic) bond motifs is 6. The predicted octanol–water partition coefficient (Wildman–Crippen LogP) is 4.85. The van der Waals surface area contributed by atoms with E-state index < -0.39 is 6.04 Å². The van der Waals surface area contributed by atoms with Crippen molar-refractivity contribution in [1.82, 2.24) is 15.4 Å². The molecule has 2 aromatic carbocycles. The highest BCUT2D eigenvalue weighted by atomic mass is 16.7. The van der Waals surface area contributed by atoms with Crippen molar-refractivity contribution in [3.8, 4) is 17.0 Å². The van der Waals surface area contributed by atoms with Crippen molar-refractivity contribution >= 4 is 11.8 Å². The van der Waals surface area contributed by atoms with E-state index in [2.05, 4.69) is 22.4 Å². The van der Waals surface area contributed by atoms with Gasteiger partial charge >= 0.3 is 0 Å². The molecule has 2 amide bonds. The van der Waals surface area contributed by atoms with Crippen LogP contribution in [0.1, 0.15) is 48.2 Å². The van der Waals surface area contributed by atoms with Gasteiger partial charge in [0.15, 0.2) is 0 Å². The van der Waals surface area contributed by atoms with E-state index in [1.807, 2.05) is 50.2 Å². The third-order valence-corrected chi connectivity index (χ3v) is 5.91. The van der Waals surface area contributed by atoms with Gasteiger partial charge in [0, 0.05) is 25.2 Å². The predicted molar refractivity (Wildman–Crippen MR) is 141 cm³/mol. The number of aromatic nitrogens is 1. The van der Waals surface area contributed by atoms with Crippen LogP contribution in [-0.2, 0) is 22.5 Å². The van der Waals surface area contributed by atoms with Gasteiger partial charge in [-0.25, -0.2) is 5.06 Å². The third kappa shape index (κ3) is 6.92. The van der Waals surface area contributed by atoms with Crippen LogP contribution in [0.3, 0.4) is 0 Å². The molecule has 4 bridgehead atoms. The van der Waals surface area contributed by atoms with Crippen molar-refractivity contribution in [2.24, 2.45) is 0 Å². The number of amides is 2. The van der Waals surface area contributed by atoms with Crippen LogP contribution in [0.5, 0.6) is 5.75 Å². The molecule has 0 radical (unpaired) electrons. The Morgan fingerprint density at radius 1 is 1.06 bits per heavy atom. The normalized spacial score (nSPS) is 15.7. The van der Waals surface area contributed by atoms with E-state index in [-0.39, 0.29) is 11.8 Å². The number of carbonyl (C=O) groups is 2. The summed E-state index contributed by atoms with van der Waals surface area (Å²) in [5.74, 6) is 0.0216. The average molecular weight is 490 g/mol. The Kier molecular flexibility index (Phi) is 10.0. The second-order valence-corrected chi connectivity index (χ2v) is 8.30. The zero-order valence-corrected chi connectivity index (χ0v) is 21.5. The van der Waals surface area contributed by atoms with Gasteiger partial charge in [-0.2, -0.15) is 0 Å². The number of nitrogens with one attached hydrogen (secondary N) is 1. The van der Waals surface area contributed by atoms with Gasteiger partial charge in [0.05, 0.1) is 25.0 Å². The standard InChI is InChI=1S/C27H29N3O4.C2H6/c1-30(33-2)27(32)24-17-20-10-5-9-19(16-20)8-3-4-15-34-22-12-6-11-21(18-22)25-23(26(31)29-24)13-7-14-28-25;1-2/h5-7,9-14,16,18,24H,3-4,8,15,17H2,1-2H3,(H,29,31);1-2H3. The van der Waals surface area contributed by atoms with E-state index in [1.165, 1.54) is 19.7 Å². The lowest BCUT2D eigenvalue weighted by Crippen LogP contribution is -2.48. The summed E-state index contributed by atoms with van der Waals surface area (Å²) in [6.07, 6.45) is 4.81. The molecule has 1 atom stereocenters. The number of carbonyl (C=O) groups excluding carboxylic acids is 2. The van der Waals surface area contributed by atoms with Gasteiger partial charge in [-0.15, -0.1) is 0 Å². The number of pyridine rings is 1. The first-order chi connectivity index (χ1) is 17.5. The number of likely N-dealkylation sites (N-methyl/N-ethyl adjacent to an activating group) is 1. The fourth-order valence-electron chi connectivity index (χ4n) is 4.07. The summed E-state index contributed by atoms with van der Waals surface area (Å²) < 4.78 is 5.96. The first-order valence-electron chi connectivity index (χ1n) is 12.4. The monoisotopic (exact) mass is 489 g/mol. The molecule has 1 aliphatic rings. The molecule has 0 fully saturated rings. The van der Waals surface area contributed by atoms with Crippen LogP contribution in [0.2, 0.25) is 0 Å². The zero-order valence-electron chi connectivity index (χ0n) is 21.5. The molecule has 1 N–H and O–H groups in total. The number of hydroxylamine groups is 2. The number of ether oxygens (including phenoxy) is 1. The van der Waals surface area contributed by atoms with Gasteiger partial charge in [-0.1, -0.05) is 50.2 Å². The van der Waals surface area contributed by atoms with Crippen LogP contribution in [0.25, 0.3) is 11.3 Å². The Morgan fingerprint density at radius 2 is 1.83 bits per heavy atom. The smallest absolute Gasteiger partial charge is 0.268 e. The average Bonchev–Trinajstić information content (AvgIpc) is 2.92. The third-order valence-electron chi connectivity index (χ3n) is 5.91. The maximum Gasteiger partial charge on any atom is 0.268 e. The number of nitrogens with zero attached hydrogens (tertiary/aromatic N) is 2. The van der Waals surface area contributed by atoms with Crippen LogP contribution < -0.4 is 10.1 Å². The van der Waals surface area contributed by atoms with Crippen LogP contribution >= 0.6 is 0 Å². The summed E-state index contributed by atoms with van der Waals surface area (Å²) in [6.45, 7) is 4.61. The quantitative estimate of drug-likeness (QED) is 0.521. The Labute approximate surface area is 213 Å². The molecule has 3 aromatic rings. The SMILES string of the molecule is CC.CON(C)C(=O)C1Cc2cccc(c2)CCCCOc2cccc(c2)-c2ncccc2C(=O)N1. The second kappa shape index (κ2) is 13.4. The summed E-state index contributed by atoms with van der Waals surface area (Å²) >= 11 is 0. The van der Waals surface area contributed by atoms with Crippen LogP contribution in [0.15, 0.2) is 66.9 Å². The lowest BCUT2D eigenvalue weighted by molar-refractivity contribution is -0.170. The van der Waals surface area contributed by atoms with E-state index in [0.717, 1.165) is 41.2 Å². The molecule has 1 aliphatic heterocycles. The van der Waals surface area contributed by atoms with Crippen molar-refractivity contribution < 1.29 is 19.2 Å². The molecule has 4 rings (SSSR count). The number of hydrogen-bond donors (Lipinski definition) is 1. The van der Waals surface area contributed by atoms with Crippen molar-refractivity contribution in [3.05, 3.63) is 83.6 Å². The molecule has 0 saturated carbocycles. The highest BCUT2D eigenvalue weighted by Gasteiger charge is 2.26. The van der Waals surface area contributed by atoms with Gasteiger partial charge in [0.25, 0.3) is 11.8 Å². The molecule has 0 aliphatic carbocycles. The summed E-state index contributed by atoms with van der Waals surface area (Å²) in [5.41, 5.74) is 3.85. The molecule has 2 heterocycles. The lowest BCUT2D eigenvalue weighted by atomic mass is 9.99. The molecule has 1 aromatic heterocycles. The highest BCUT2D eigenvalue weighted by Crippen LogP contribution is 2.26.